The van der Waals surface area contributed by atoms with Gasteiger partial charge < -0.3 is 5.32 Å². The van der Waals surface area contributed by atoms with E-state index in [4.69, 9.17) is 4.98 Å². The smallest absolute Gasteiger partial charge is 0.254 e. The molecule has 4 rings (SSSR count). The molecule has 0 saturated carbocycles. The van der Waals surface area contributed by atoms with Crippen LogP contribution in [0.4, 0.5) is 0 Å². The fraction of sp³-hybridized carbons (Fsp3) is 0.421. The fourth-order valence-electron chi connectivity index (χ4n) is 3.55. The van der Waals surface area contributed by atoms with E-state index >= 15 is 0 Å². The minimum Gasteiger partial charge on any atom is -0.352 e. The van der Waals surface area contributed by atoms with Crippen molar-refractivity contribution in [3.63, 3.8) is 0 Å². The van der Waals surface area contributed by atoms with Gasteiger partial charge >= 0.3 is 0 Å². The van der Waals surface area contributed by atoms with Crippen LogP contribution in [0.25, 0.3) is 5.65 Å². The first-order chi connectivity index (χ1) is 13.1. The van der Waals surface area contributed by atoms with Crippen molar-refractivity contribution in [3.05, 3.63) is 52.7 Å². The fourth-order valence-corrected chi connectivity index (χ4v) is 4.07. The third kappa shape index (κ3) is 4.06. The van der Waals surface area contributed by atoms with E-state index < -0.39 is 0 Å². The van der Waals surface area contributed by atoms with E-state index in [0.29, 0.717) is 11.5 Å². The number of imidazole rings is 1. The van der Waals surface area contributed by atoms with Crippen LogP contribution in [-0.2, 0) is 13.6 Å². The normalized spacial score (nSPS) is 16.1. The van der Waals surface area contributed by atoms with E-state index in [-0.39, 0.29) is 5.91 Å². The Hall–Kier alpha value is -2.19. The van der Waals surface area contributed by atoms with Gasteiger partial charge in [0.2, 0.25) is 0 Å². The molecule has 1 aliphatic rings. The molecule has 3 aromatic heterocycles. The number of carbonyl (C=O) groups excluding carboxylic acids is 1. The van der Waals surface area contributed by atoms with Crippen molar-refractivity contribution in [2.75, 3.05) is 19.6 Å². The lowest BCUT2D eigenvalue weighted by molar-refractivity contribution is 0.0935. The highest BCUT2D eigenvalue weighted by Gasteiger charge is 2.22. The molecule has 0 atom stereocenters. The number of piperidine rings is 1. The third-order valence-electron chi connectivity index (χ3n) is 5.14. The van der Waals surface area contributed by atoms with E-state index in [1.807, 2.05) is 31.4 Å². The summed E-state index contributed by atoms with van der Waals surface area (Å²) in [7, 11) is 1.81. The molecule has 0 unspecified atom stereocenters. The molecule has 27 heavy (non-hydrogen) atoms. The predicted molar refractivity (Wildman–Crippen MR) is 106 cm³/mol. The molecule has 1 saturated heterocycles. The second-order valence-electron chi connectivity index (χ2n) is 7.11. The van der Waals surface area contributed by atoms with Gasteiger partial charge in [-0.05, 0) is 59.9 Å². The zero-order valence-corrected chi connectivity index (χ0v) is 16.9. The van der Waals surface area contributed by atoms with Crippen LogP contribution in [0, 0.1) is 5.92 Å². The van der Waals surface area contributed by atoms with Crippen molar-refractivity contribution in [1.82, 2.24) is 29.4 Å². The Morgan fingerprint density at radius 3 is 2.85 bits per heavy atom. The second-order valence-corrected chi connectivity index (χ2v) is 7.86. The lowest BCUT2D eigenvalue weighted by atomic mass is 9.96. The number of hydrogen-bond donors (Lipinski definition) is 1. The summed E-state index contributed by atoms with van der Waals surface area (Å²) in [6, 6.07) is 6.03. The number of halogens is 1. The summed E-state index contributed by atoms with van der Waals surface area (Å²) in [6.07, 6.45) is 7.53. The van der Waals surface area contributed by atoms with Crippen molar-refractivity contribution < 1.29 is 4.79 Å². The Morgan fingerprint density at radius 1 is 1.33 bits per heavy atom. The first kappa shape index (κ1) is 18.2. The van der Waals surface area contributed by atoms with Gasteiger partial charge in [0.15, 0.2) is 0 Å². The minimum absolute atomic E-state index is 0.0424. The zero-order valence-electron chi connectivity index (χ0n) is 15.3. The van der Waals surface area contributed by atoms with Gasteiger partial charge in [0.1, 0.15) is 10.3 Å². The molecule has 0 radical (unpaired) electrons. The molecule has 1 fully saturated rings. The van der Waals surface area contributed by atoms with Crippen LogP contribution in [0.15, 0.2) is 41.4 Å². The zero-order chi connectivity index (χ0) is 18.8. The van der Waals surface area contributed by atoms with Crippen molar-refractivity contribution in [3.8, 4) is 0 Å². The molecule has 1 aliphatic heterocycles. The summed E-state index contributed by atoms with van der Waals surface area (Å²) in [5.41, 5.74) is 2.66. The molecule has 3 aromatic rings. The molecule has 0 aromatic carbocycles. The van der Waals surface area contributed by atoms with Crippen LogP contribution in [0.5, 0.6) is 0 Å². The lowest BCUT2D eigenvalue weighted by Crippen LogP contribution is -2.38. The summed E-state index contributed by atoms with van der Waals surface area (Å²) in [4.78, 5) is 19.3. The number of aryl methyl sites for hydroxylation is 1. The minimum atomic E-state index is -0.0424. The number of carbonyl (C=O) groups is 1. The Morgan fingerprint density at radius 2 is 2.15 bits per heavy atom. The van der Waals surface area contributed by atoms with Crippen LogP contribution < -0.4 is 5.32 Å². The molecule has 1 amide bonds. The number of likely N-dealkylation sites (tertiary alicyclic amines) is 1. The third-order valence-corrected chi connectivity index (χ3v) is 5.98. The molecule has 7 nitrogen and oxygen atoms in total. The van der Waals surface area contributed by atoms with Gasteiger partial charge in [0, 0.05) is 32.5 Å². The van der Waals surface area contributed by atoms with Crippen molar-refractivity contribution in [1.29, 1.82) is 0 Å². The van der Waals surface area contributed by atoms with E-state index in [1.54, 1.807) is 17.1 Å². The second kappa shape index (κ2) is 7.82. The van der Waals surface area contributed by atoms with Gasteiger partial charge in [0.05, 0.1) is 17.5 Å². The van der Waals surface area contributed by atoms with Crippen LogP contribution in [0.1, 0.15) is 28.9 Å². The van der Waals surface area contributed by atoms with E-state index in [0.717, 1.165) is 55.0 Å². The summed E-state index contributed by atoms with van der Waals surface area (Å²) in [5.74, 6) is 0.477. The highest BCUT2D eigenvalue weighted by Crippen LogP contribution is 2.23. The summed E-state index contributed by atoms with van der Waals surface area (Å²) in [5, 5.41) is 7.08. The molecule has 142 valence electrons. The Bertz CT molecular complexity index is 941. The molecule has 1 N–H and O–H groups in total. The Kier molecular flexibility index (Phi) is 5.27. The van der Waals surface area contributed by atoms with Crippen molar-refractivity contribution >= 4 is 27.5 Å². The maximum Gasteiger partial charge on any atom is 0.254 e. The quantitative estimate of drug-likeness (QED) is 0.674. The maximum absolute atomic E-state index is 12.1. The number of nitrogens with one attached hydrogen (secondary N) is 1. The number of fused-ring (bicyclic) bond motifs is 1. The summed E-state index contributed by atoms with van der Waals surface area (Å²) < 4.78 is 4.74. The van der Waals surface area contributed by atoms with E-state index in [2.05, 4.69) is 35.6 Å². The molecular weight excluding hydrogens is 408 g/mol. The Balaban J connectivity index is 1.27. The highest BCUT2D eigenvalue weighted by molar-refractivity contribution is 9.10. The number of pyridine rings is 1. The maximum atomic E-state index is 12.1. The Labute approximate surface area is 166 Å². The SMILES string of the molecule is Cn1cc(C(=O)NCC2CCN(Cc3nc4ccccn4c3Br)CC2)cn1. The summed E-state index contributed by atoms with van der Waals surface area (Å²) in [6.45, 7) is 3.61. The number of hydrogen-bond acceptors (Lipinski definition) is 4. The van der Waals surface area contributed by atoms with Gasteiger partial charge in [0.25, 0.3) is 5.91 Å². The van der Waals surface area contributed by atoms with Gasteiger partial charge in [-0.25, -0.2) is 4.98 Å². The number of amides is 1. The number of rotatable bonds is 5. The molecular formula is C19H23BrN6O. The van der Waals surface area contributed by atoms with Crippen LogP contribution >= 0.6 is 15.9 Å². The topological polar surface area (TPSA) is 67.5 Å². The number of nitrogens with zero attached hydrogens (tertiary/aromatic N) is 5. The molecule has 4 heterocycles. The van der Waals surface area contributed by atoms with E-state index in [1.165, 1.54) is 0 Å². The number of aromatic nitrogens is 4. The van der Waals surface area contributed by atoms with Crippen molar-refractivity contribution in [2.24, 2.45) is 13.0 Å². The van der Waals surface area contributed by atoms with Crippen molar-refractivity contribution in [2.45, 2.75) is 19.4 Å². The van der Waals surface area contributed by atoms with E-state index in [9.17, 15) is 4.79 Å². The average molecular weight is 431 g/mol. The monoisotopic (exact) mass is 430 g/mol. The van der Waals surface area contributed by atoms with Crippen LogP contribution in [-0.4, -0.2) is 49.6 Å². The lowest BCUT2D eigenvalue weighted by Gasteiger charge is -2.31. The van der Waals surface area contributed by atoms with Gasteiger partial charge in [-0.15, -0.1) is 0 Å². The first-order valence-electron chi connectivity index (χ1n) is 9.21. The highest BCUT2D eigenvalue weighted by atomic mass is 79.9. The molecule has 0 bridgehead atoms. The van der Waals surface area contributed by atoms with Crippen LogP contribution in [0.2, 0.25) is 0 Å². The molecule has 0 aliphatic carbocycles. The standard InChI is InChI=1S/C19H23BrN6O/c1-24-12-15(11-22-24)19(27)21-10-14-5-8-25(9-6-14)13-16-18(20)26-7-3-2-4-17(26)23-16/h2-4,7,11-12,14H,5-6,8-10,13H2,1H3,(H,21,27). The average Bonchev–Trinajstić information content (AvgIpc) is 3.25. The van der Waals surface area contributed by atoms with Gasteiger partial charge in [-0.2, -0.15) is 5.10 Å². The van der Waals surface area contributed by atoms with Gasteiger partial charge in [-0.3, -0.25) is 18.8 Å². The molecule has 8 heteroatoms. The first-order valence-corrected chi connectivity index (χ1v) is 10.00. The summed E-state index contributed by atoms with van der Waals surface area (Å²) >= 11 is 3.67. The predicted octanol–water partition coefficient (Wildman–Crippen LogP) is 2.47. The van der Waals surface area contributed by atoms with Crippen LogP contribution in [0.3, 0.4) is 0 Å². The van der Waals surface area contributed by atoms with Gasteiger partial charge in [-0.1, -0.05) is 6.07 Å². The molecule has 0 spiro atoms. The largest absolute Gasteiger partial charge is 0.352 e.